The first-order valence-corrected chi connectivity index (χ1v) is 10.8. The largest absolute Gasteiger partial charge is 0.371 e. The number of aromatic nitrogens is 1. The Kier molecular flexibility index (Phi) is 6.31. The first-order valence-electron chi connectivity index (χ1n) is 9.39. The van der Waals surface area contributed by atoms with Crippen molar-refractivity contribution in [1.29, 1.82) is 0 Å². The number of carbonyl (C=O) groups excluding carboxylic acids is 1. The van der Waals surface area contributed by atoms with Gasteiger partial charge >= 0.3 is 0 Å². The highest BCUT2D eigenvalue weighted by atomic mass is 32.2. The van der Waals surface area contributed by atoms with E-state index < -0.39 is 10.0 Å². The minimum Gasteiger partial charge on any atom is -0.371 e. The summed E-state index contributed by atoms with van der Waals surface area (Å²) in [5.74, 6) is -0.270. The molecule has 2 heterocycles. The van der Waals surface area contributed by atoms with Crippen LogP contribution < -0.4 is 10.2 Å². The zero-order chi connectivity index (χ0) is 20.1. The fourth-order valence-electron chi connectivity index (χ4n) is 3.25. The summed E-state index contributed by atoms with van der Waals surface area (Å²) in [5.41, 5.74) is 2.07. The second-order valence-corrected chi connectivity index (χ2v) is 9.14. The van der Waals surface area contributed by atoms with Crippen molar-refractivity contribution in [3.05, 3.63) is 53.9 Å². The number of benzene rings is 1. The van der Waals surface area contributed by atoms with Gasteiger partial charge in [-0.15, -0.1) is 0 Å². The van der Waals surface area contributed by atoms with E-state index >= 15 is 0 Å². The molecule has 28 heavy (non-hydrogen) atoms. The quantitative estimate of drug-likeness (QED) is 0.765. The zero-order valence-corrected chi connectivity index (χ0v) is 17.1. The maximum absolute atomic E-state index is 12.9. The molecule has 3 rings (SSSR count). The van der Waals surface area contributed by atoms with Crippen LogP contribution in [-0.4, -0.2) is 57.3 Å². The summed E-state index contributed by atoms with van der Waals surface area (Å²) in [6.07, 6.45) is 4.47. The molecule has 150 valence electrons. The Morgan fingerprint density at radius 1 is 1.18 bits per heavy atom. The lowest BCUT2D eigenvalue weighted by molar-refractivity contribution is 0.0954. The lowest BCUT2D eigenvalue weighted by Crippen LogP contribution is -2.30. The Hall–Kier alpha value is -2.45. The van der Waals surface area contributed by atoms with E-state index in [-0.39, 0.29) is 10.8 Å². The predicted octanol–water partition coefficient (Wildman–Crippen LogP) is 1.90. The summed E-state index contributed by atoms with van der Waals surface area (Å²) in [6, 6.07) is 10.5. The van der Waals surface area contributed by atoms with Crippen LogP contribution in [0, 0.1) is 0 Å². The average Bonchev–Trinajstić information content (AvgIpc) is 3.22. The van der Waals surface area contributed by atoms with Crippen LogP contribution in [0.4, 0.5) is 5.69 Å². The topological polar surface area (TPSA) is 82.6 Å². The van der Waals surface area contributed by atoms with E-state index in [1.807, 2.05) is 18.2 Å². The van der Waals surface area contributed by atoms with Crippen LogP contribution in [0.5, 0.6) is 0 Å². The van der Waals surface area contributed by atoms with Crippen molar-refractivity contribution >= 4 is 21.6 Å². The second kappa shape index (κ2) is 8.70. The minimum absolute atomic E-state index is 0.121. The molecule has 0 saturated carbocycles. The van der Waals surface area contributed by atoms with Crippen LogP contribution in [0.2, 0.25) is 0 Å². The molecule has 7 nitrogen and oxygen atoms in total. The molecule has 1 aliphatic heterocycles. The first kappa shape index (κ1) is 20.3. The summed E-state index contributed by atoms with van der Waals surface area (Å²) in [5, 5.41) is 2.91. The summed E-state index contributed by atoms with van der Waals surface area (Å²) in [7, 11) is -0.647. The van der Waals surface area contributed by atoms with Crippen molar-refractivity contribution in [1.82, 2.24) is 14.6 Å². The molecule has 2 aromatic rings. The maximum atomic E-state index is 12.9. The van der Waals surface area contributed by atoms with Gasteiger partial charge in [-0.05, 0) is 43.2 Å². The Balaban J connectivity index is 1.83. The van der Waals surface area contributed by atoms with E-state index in [0.717, 1.165) is 41.6 Å². The van der Waals surface area contributed by atoms with Crippen LogP contribution in [0.1, 0.15) is 28.9 Å². The highest BCUT2D eigenvalue weighted by Gasteiger charge is 2.24. The molecule has 0 atom stereocenters. The van der Waals surface area contributed by atoms with Crippen LogP contribution in [0.15, 0.2) is 47.5 Å². The van der Waals surface area contributed by atoms with E-state index in [9.17, 15) is 13.2 Å². The Morgan fingerprint density at radius 2 is 1.93 bits per heavy atom. The van der Waals surface area contributed by atoms with E-state index in [0.29, 0.717) is 18.5 Å². The van der Waals surface area contributed by atoms with Crippen molar-refractivity contribution in [2.45, 2.75) is 24.2 Å². The number of hydrogen-bond donors (Lipinski definition) is 1. The van der Waals surface area contributed by atoms with Crippen LogP contribution in [0.25, 0.3) is 0 Å². The number of pyridine rings is 1. The van der Waals surface area contributed by atoms with E-state index in [1.165, 1.54) is 20.2 Å². The molecule has 1 aromatic carbocycles. The van der Waals surface area contributed by atoms with E-state index in [4.69, 9.17) is 0 Å². The molecule has 1 fully saturated rings. The lowest BCUT2D eigenvalue weighted by Gasteiger charge is -2.22. The second-order valence-electron chi connectivity index (χ2n) is 6.99. The SMILES string of the molecule is CN(C)S(=O)(=O)c1ccc(N2CCCC2)c(C(=O)NCCc2ccccn2)c1. The molecule has 1 saturated heterocycles. The summed E-state index contributed by atoms with van der Waals surface area (Å²) in [6.45, 7) is 2.17. The zero-order valence-electron chi connectivity index (χ0n) is 16.3. The molecular weight excluding hydrogens is 376 g/mol. The van der Waals surface area contributed by atoms with E-state index in [2.05, 4.69) is 15.2 Å². The van der Waals surface area contributed by atoms with Gasteiger partial charge in [-0.1, -0.05) is 6.07 Å². The molecule has 1 aromatic heterocycles. The van der Waals surface area contributed by atoms with Crippen molar-refractivity contribution in [2.24, 2.45) is 0 Å². The maximum Gasteiger partial charge on any atom is 0.253 e. The minimum atomic E-state index is -3.61. The normalized spacial score (nSPS) is 14.5. The molecule has 1 amide bonds. The number of rotatable bonds is 7. The number of carbonyl (C=O) groups is 1. The van der Waals surface area contributed by atoms with Crippen LogP contribution >= 0.6 is 0 Å². The van der Waals surface area contributed by atoms with Gasteiger partial charge in [0.15, 0.2) is 0 Å². The monoisotopic (exact) mass is 402 g/mol. The molecule has 8 heteroatoms. The van der Waals surface area contributed by atoms with Crippen LogP contribution in [-0.2, 0) is 16.4 Å². The number of anilines is 1. The van der Waals surface area contributed by atoms with Gasteiger partial charge < -0.3 is 10.2 Å². The number of nitrogens with zero attached hydrogens (tertiary/aromatic N) is 3. The smallest absolute Gasteiger partial charge is 0.253 e. The highest BCUT2D eigenvalue weighted by Crippen LogP contribution is 2.28. The summed E-state index contributed by atoms with van der Waals surface area (Å²) < 4.78 is 26.2. The van der Waals surface area contributed by atoms with Gasteiger partial charge in [-0.2, -0.15) is 0 Å². The fraction of sp³-hybridized carbons (Fsp3) is 0.400. The van der Waals surface area contributed by atoms with Crippen LogP contribution in [0.3, 0.4) is 0 Å². The third kappa shape index (κ3) is 4.51. The predicted molar refractivity (Wildman–Crippen MR) is 109 cm³/mol. The molecule has 0 bridgehead atoms. The molecule has 0 aliphatic carbocycles. The lowest BCUT2D eigenvalue weighted by atomic mass is 10.1. The molecule has 1 aliphatic rings. The van der Waals surface area contributed by atoms with Crippen molar-refractivity contribution in [2.75, 3.05) is 38.6 Å². The fourth-order valence-corrected chi connectivity index (χ4v) is 4.18. The van der Waals surface area contributed by atoms with Crippen molar-refractivity contribution in [3.63, 3.8) is 0 Å². The number of sulfonamides is 1. The summed E-state index contributed by atoms with van der Waals surface area (Å²) in [4.78, 5) is 19.4. The highest BCUT2D eigenvalue weighted by molar-refractivity contribution is 7.89. The third-order valence-corrected chi connectivity index (χ3v) is 6.64. The third-order valence-electron chi connectivity index (χ3n) is 4.83. The molecule has 0 spiro atoms. The number of nitrogens with one attached hydrogen (secondary N) is 1. The average molecular weight is 403 g/mol. The Labute approximate surface area is 166 Å². The van der Waals surface area contributed by atoms with Gasteiger partial charge in [0.25, 0.3) is 5.91 Å². The summed E-state index contributed by atoms with van der Waals surface area (Å²) >= 11 is 0. The van der Waals surface area contributed by atoms with Crippen molar-refractivity contribution in [3.8, 4) is 0 Å². The number of amides is 1. The van der Waals surface area contributed by atoms with E-state index in [1.54, 1.807) is 18.3 Å². The van der Waals surface area contributed by atoms with Gasteiger partial charge in [-0.3, -0.25) is 9.78 Å². The Bertz CT molecular complexity index is 924. The standard InChI is InChI=1S/C20H26N4O3S/c1-23(2)28(26,27)17-8-9-19(24-13-5-6-14-24)18(15-17)20(25)22-12-10-16-7-3-4-11-21-16/h3-4,7-9,11,15H,5-6,10,12-14H2,1-2H3,(H,22,25). The molecule has 1 N–H and O–H groups in total. The first-order chi connectivity index (χ1) is 13.4. The molecule has 0 unspecified atom stereocenters. The molecule has 0 radical (unpaired) electrons. The molecular formula is C20H26N4O3S. The van der Waals surface area contributed by atoms with Gasteiger partial charge in [0.1, 0.15) is 0 Å². The van der Waals surface area contributed by atoms with Gasteiger partial charge in [0.05, 0.1) is 10.5 Å². The van der Waals surface area contributed by atoms with Gasteiger partial charge in [-0.25, -0.2) is 12.7 Å². The van der Waals surface area contributed by atoms with Crippen molar-refractivity contribution < 1.29 is 13.2 Å². The Morgan fingerprint density at radius 3 is 2.57 bits per heavy atom. The number of hydrogen-bond acceptors (Lipinski definition) is 5. The van der Waals surface area contributed by atoms with Gasteiger partial charge in [0, 0.05) is 57.7 Å². The van der Waals surface area contributed by atoms with Gasteiger partial charge in [0.2, 0.25) is 10.0 Å².